The minimum absolute atomic E-state index is 0.0191. The number of likely N-dealkylation sites (tertiary alicyclic amines) is 1. The Bertz CT molecular complexity index is 837. The van der Waals surface area contributed by atoms with Crippen LogP contribution in [-0.4, -0.2) is 36.9 Å². The molecule has 29 heavy (non-hydrogen) atoms. The van der Waals surface area contributed by atoms with E-state index in [1.54, 1.807) is 11.1 Å². The molecule has 2 aromatic carbocycles. The van der Waals surface area contributed by atoms with Crippen molar-refractivity contribution >= 4 is 17.8 Å². The van der Waals surface area contributed by atoms with E-state index < -0.39 is 5.92 Å². The molecular formula is C25H29N2O2+. The Morgan fingerprint density at radius 1 is 0.862 bits per heavy atom. The fourth-order valence-electron chi connectivity index (χ4n) is 4.55. The molecule has 2 aromatic rings. The molecule has 4 heteroatoms. The number of hydrogen-bond acceptors (Lipinski definition) is 3. The number of carbonyl (C=O) groups is 2. The average Bonchev–Trinajstić information content (AvgIpc) is 2.75. The van der Waals surface area contributed by atoms with Gasteiger partial charge in [-0.25, -0.2) is 0 Å². The Kier molecular flexibility index (Phi) is 6.30. The van der Waals surface area contributed by atoms with E-state index in [-0.39, 0.29) is 23.5 Å². The van der Waals surface area contributed by atoms with Gasteiger partial charge in [0.2, 0.25) is 0 Å². The second kappa shape index (κ2) is 9.27. The van der Waals surface area contributed by atoms with E-state index in [0.717, 1.165) is 38.0 Å². The number of ketones is 2. The molecule has 4 nitrogen and oxygen atoms in total. The molecule has 0 bridgehead atoms. The minimum Gasteiger partial charge on any atom is -0.331 e. The molecule has 150 valence electrons. The topological polar surface area (TPSA) is 50.9 Å². The maximum Gasteiger partial charge on any atom is 0.149 e. The molecule has 1 saturated heterocycles. The first-order chi connectivity index (χ1) is 14.2. The van der Waals surface area contributed by atoms with Crippen LogP contribution in [0.5, 0.6) is 0 Å². The van der Waals surface area contributed by atoms with Crippen LogP contribution in [0.2, 0.25) is 0 Å². The van der Waals surface area contributed by atoms with Crippen molar-refractivity contribution in [1.82, 2.24) is 0 Å². The average molecular weight is 390 g/mol. The molecule has 2 aliphatic rings. The first-order valence-electron chi connectivity index (χ1n) is 10.7. The van der Waals surface area contributed by atoms with Crippen molar-refractivity contribution in [2.75, 3.05) is 13.1 Å². The monoisotopic (exact) mass is 389 g/mol. The highest BCUT2D eigenvalue weighted by Crippen LogP contribution is 2.31. The summed E-state index contributed by atoms with van der Waals surface area (Å²) in [7, 11) is 0. The zero-order valence-electron chi connectivity index (χ0n) is 16.8. The van der Waals surface area contributed by atoms with Gasteiger partial charge in [0.25, 0.3) is 0 Å². The lowest BCUT2D eigenvalue weighted by Crippen LogP contribution is -3.12. The Hall–Kier alpha value is -2.59. The van der Waals surface area contributed by atoms with Gasteiger partial charge in [0.05, 0.1) is 19.1 Å². The molecule has 1 N–H and O–H groups in total. The number of carbonyl (C=O) groups excluding carboxylic acids is 2. The molecule has 4 rings (SSSR count). The summed E-state index contributed by atoms with van der Waals surface area (Å²) < 4.78 is 0. The Morgan fingerprint density at radius 2 is 1.45 bits per heavy atom. The van der Waals surface area contributed by atoms with E-state index in [9.17, 15) is 9.59 Å². The number of benzene rings is 2. The number of aliphatic imine (C=N–C) groups is 1. The molecule has 1 heterocycles. The van der Waals surface area contributed by atoms with Crippen LogP contribution in [0.25, 0.3) is 0 Å². The zero-order valence-corrected chi connectivity index (χ0v) is 16.8. The van der Waals surface area contributed by atoms with Crippen molar-refractivity contribution < 1.29 is 14.5 Å². The maximum absolute atomic E-state index is 12.6. The molecule has 0 radical (unpaired) electrons. The highest BCUT2D eigenvalue weighted by Gasteiger charge is 2.35. The molecule has 0 amide bonds. The number of rotatable bonds is 5. The van der Waals surface area contributed by atoms with Crippen molar-refractivity contribution in [2.45, 2.75) is 44.2 Å². The Balaban J connectivity index is 1.28. The SMILES string of the molecule is O=C1CC(c2ccccc2)CC(=O)C1C=NC1CC[NH+](Cc2ccccc2)CC1. The van der Waals surface area contributed by atoms with Gasteiger partial charge in [-0.15, -0.1) is 0 Å². The van der Waals surface area contributed by atoms with E-state index >= 15 is 0 Å². The van der Waals surface area contributed by atoms with Crippen LogP contribution in [0.1, 0.15) is 42.7 Å². The van der Waals surface area contributed by atoms with Crippen molar-refractivity contribution in [1.29, 1.82) is 0 Å². The molecule has 1 aliphatic carbocycles. The van der Waals surface area contributed by atoms with Crippen molar-refractivity contribution in [3.8, 4) is 0 Å². The van der Waals surface area contributed by atoms with Crippen LogP contribution >= 0.6 is 0 Å². The van der Waals surface area contributed by atoms with Gasteiger partial charge in [-0.2, -0.15) is 0 Å². The smallest absolute Gasteiger partial charge is 0.149 e. The molecule has 0 unspecified atom stereocenters. The molecule has 0 spiro atoms. The van der Waals surface area contributed by atoms with Crippen molar-refractivity contribution in [3.05, 3.63) is 71.8 Å². The van der Waals surface area contributed by atoms with E-state index in [4.69, 9.17) is 0 Å². The number of piperidine rings is 1. The van der Waals surface area contributed by atoms with Crippen LogP contribution < -0.4 is 4.90 Å². The largest absolute Gasteiger partial charge is 0.331 e. The minimum atomic E-state index is -0.635. The van der Waals surface area contributed by atoms with Gasteiger partial charge in [0.1, 0.15) is 24.0 Å². The third-order valence-corrected chi connectivity index (χ3v) is 6.27. The standard InChI is InChI=1S/C25H28N2O2/c28-24-15-21(20-9-5-2-6-10-20)16-25(29)23(24)17-26-22-11-13-27(14-12-22)18-19-7-3-1-4-8-19/h1-10,17,21-23H,11-16,18H2/p+1. The van der Waals surface area contributed by atoms with Gasteiger partial charge in [0, 0.05) is 37.5 Å². The molecular weight excluding hydrogens is 360 g/mol. The van der Waals surface area contributed by atoms with Crippen LogP contribution in [0, 0.1) is 5.92 Å². The summed E-state index contributed by atoms with van der Waals surface area (Å²) in [6, 6.07) is 20.7. The summed E-state index contributed by atoms with van der Waals surface area (Å²) >= 11 is 0. The number of Topliss-reactive ketones (excluding diaryl/α,β-unsaturated/α-hetero) is 2. The Morgan fingerprint density at radius 3 is 2.07 bits per heavy atom. The third kappa shape index (κ3) is 5.07. The highest BCUT2D eigenvalue weighted by atomic mass is 16.2. The first kappa shape index (κ1) is 19.7. The lowest BCUT2D eigenvalue weighted by Gasteiger charge is -2.28. The predicted molar refractivity (Wildman–Crippen MR) is 114 cm³/mol. The lowest BCUT2D eigenvalue weighted by atomic mass is 9.77. The fourth-order valence-corrected chi connectivity index (χ4v) is 4.55. The van der Waals surface area contributed by atoms with Gasteiger partial charge in [-0.3, -0.25) is 14.6 Å². The zero-order chi connectivity index (χ0) is 20.1. The van der Waals surface area contributed by atoms with Crippen molar-refractivity contribution in [2.24, 2.45) is 10.9 Å². The van der Waals surface area contributed by atoms with E-state index in [1.165, 1.54) is 5.56 Å². The molecule has 1 aliphatic heterocycles. The van der Waals surface area contributed by atoms with Gasteiger partial charge in [0.15, 0.2) is 0 Å². The summed E-state index contributed by atoms with van der Waals surface area (Å²) in [5.41, 5.74) is 2.45. The first-order valence-corrected chi connectivity index (χ1v) is 10.7. The fraction of sp³-hybridized carbons (Fsp3) is 0.400. The summed E-state index contributed by atoms with van der Waals surface area (Å²) in [6.07, 6.45) is 4.57. The number of hydrogen-bond donors (Lipinski definition) is 1. The molecule has 0 atom stereocenters. The predicted octanol–water partition coefficient (Wildman–Crippen LogP) is 2.64. The lowest BCUT2D eigenvalue weighted by molar-refractivity contribution is -0.918. The Labute approximate surface area is 172 Å². The van der Waals surface area contributed by atoms with Crippen LogP contribution in [0.15, 0.2) is 65.7 Å². The number of nitrogens with zero attached hydrogens (tertiary/aromatic N) is 1. The van der Waals surface area contributed by atoms with Gasteiger partial charge in [-0.1, -0.05) is 60.7 Å². The van der Waals surface area contributed by atoms with E-state index in [1.807, 2.05) is 30.3 Å². The highest BCUT2D eigenvalue weighted by molar-refractivity contribution is 6.16. The van der Waals surface area contributed by atoms with Gasteiger partial charge in [-0.05, 0) is 11.5 Å². The second-order valence-electron chi connectivity index (χ2n) is 8.37. The molecule has 1 saturated carbocycles. The van der Waals surface area contributed by atoms with Gasteiger partial charge < -0.3 is 4.90 Å². The summed E-state index contributed by atoms with van der Waals surface area (Å²) in [5.74, 6) is -0.577. The quantitative estimate of drug-likeness (QED) is 0.631. The molecule has 2 fully saturated rings. The normalized spacial score (nSPS) is 28.0. The van der Waals surface area contributed by atoms with Crippen molar-refractivity contribution in [3.63, 3.8) is 0 Å². The number of quaternary nitrogens is 1. The van der Waals surface area contributed by atoms with E-state index in [0.29, 0.717) is 12.8 Å². The van der Waals surface area contributed by atoms with Crippen LogP contribution in [0.3, 0.4) is 0 Å². The second-order valence-corrected chi connectivity index (χ2v) is 8.37. The van der Waals surface area contributed by atoms with Crippen LogP contribution in [0.4, 0.5) is 0 Å². The number of nitrogens with one attached hydrogen (secondary N) is 1. The maximum atomic E-state index is 12.6. The third-order valence-electron chi connectivity index (χ3n) is 6.27. The van der Waals surface area contributed by atoms with Gasteiger partial charge >= 0.3 is 0 Å². The molecule has 0 aromatic heterocycles. The summed E-state index contributed by atoms with van der Waals surface area (Å²) in [5, 5.41) is 0. The summed E-state index contributed by atoms with van der Waals surface area (Å²) in [4.78, 5) is 31.4. The summed E-state index contributed by atoms with van der Waals surface area (Å²) in [6.45, 7) is 3.22. The van der Waals surface area contributed by atoms with E-state index in [2.05, 4.69) is 35.3 Å². The van der Waals surface area contributed by atoms with Crippen LogP contribution in [-0.2, 0) is 16.1 Å².